The van der Waals surface area contributed by atoms with Gasteiger partial charge in [-0.25, -0.2) is 8.42 Å². The standard InChI is InChI=1S/C20H28N6O5.C16H20N6O6S.CH3F.FH.K/c1-5-7-14(4)31-20-23-18(21)17(26(28)29)19(24-20)25(12-16(27)30-6-2)11-15-9-8-13(3)22-10-15;1-4-28-12(23)9-21(8-11-6-5-10(2)18-7-11)15-13(22(24)25)14(17)19-16(20-15)29(3,26)27;1-2;;/h8-10,14H,5-7,11-12H2,1-4H3,(H2,21,23,24);5-7H,4,8-9H2,1-3H3,(H2,17,19,20);1H3;1H;/q;;;;+1/p-1/t14-;;;;/m0..../s1. The number of nitrogen functional groups attached to an aromatic ring is 2. The summed E-state index contributed by atoms with van der Waals surface area (Å²) in [6.07, 6.45) is 5.42. The van der Waals surface area contributed by atoms with E-state index in [4.69, 9.17) is 25.7 Å². The summed E-state index contributed by atoms with van der Waals surface area (Å²) in [4.78, 5) is 72.6. The molecule has 0 radical (unpaired) electrons. The van der Waals surface area contributed by atoms with Crippen LogP contribution in [0.2, 0.25) is 0 Å². The zero-order valence-corrected chi connectivity index (χ0v) is 40.9. The molecule has 0 bridgehead atoms. The molecule has 4 heterocycles. The largest absolute Gasteiger partial charge is 1.00 e. The van der Waals surface area contributed by atoms with Crippen molar-refractivity contribution in [1.29, 1.82) is 0 Å². The number of ether oxygens (including phenoxy) is 3. The summed E-state index contributed by atoms with van der Waals surface area (Å²) in [5.74, 6) is -2.74. The summed E-state index contributed by atoms with van der Waals surface area (Å²) in [6.45, 7) is 10.4. The van der Waals surface area contributed by atoms with Crippen LogP contribution in [0, 0.1) is 34.1 Å². The second kappa shape index (κ2) is 28.4. The van der Waals surface area contributed by atoms with E-state index in [-0.39, 0.29) is 113 Å². The second-order valence-corrected chi connectivity index (χ2v) is 15.0. The Balaban J connectivity index is 0.00000116. The molecule has 27 heteroatoms. The fraction of sp³-hybridized carbons (Fsp3) is 0.459. The Morgan fingerprint density at radius 2 is 1.20 bits per heavy atom. The Morgan fingerprint density at radius 1 is 0.781 bits per heavy atom. The Hall–Kier alpha value is -5.35. The molecular formula is C37H51F2KN12O11S. The van der Waals surface area contributed by atoms with E-state index < -0.39 is 66.3 Å². The monoisotopic (exact) mass is 948 g/mol. The molecule has 0 saturated heterocycles. The van der Waals surface area contributed by atoms with Gasteiger partial charge in [-0.1, -0.05) is 25.5 Å². The van der Waals surface area contributed by atoms with Gasteiger partial charge in [0.05, 0.1) is 36.3 Å². The van der Waals surface area contributed by atoms with Crippen LogP contribution in [0.15, 0.2) is 41.8 Å². The number of nitro groups is 2. The predicted octanol–water partition coefficient (Wildman–Crippen LogP) is -1.96. The van der Waals surface area contributed by atoms with Crippen LogP contribution in [0.3, 0.4) is 0 Å². The van der Waals surface area contributed by atoms with Crippen molar-refractivity contribution in [2.24, 2.45) is 0 Å². The number of aryl methyl sites for hydroxylation is 2. The van der Waals surface area contributed by atoms with E-state index in [2.05, 4.69) is 29.9 Å². The number of rotatable bonds is 19. The van der Waals surface area contributed by atoms with Gasteiger partial charge in [0.1, 0.15) is 13.1 Å². The molecule has 0 aliphatic rings. The van der Waals surface area contributed by atoms with Gasteiger partial charge >= 0.3 is 80.7 Å². The zero-order chi connectivity index (χ0) is 46.7. The van der Waals surface area contributed by atoms with Crippen molar-refractivity contribution in [2.45, 2.75) is 78.7 Å². The maximum absolute atomic E-state index is 12.2. The van der Waals surface area contributed by atoms with Gasteiger partial charge in [0, 0.05) is 43.1 Å². The number of anilines is 4. The molecule has 4 aromatic heterocycles. The molecule has 4 N–H and O–H groups in total. The van der Waals surface area contributed by atoms with Gasteiger partial charge in [-0.3, -0.25) is 44.2 Å². The van der Waals surface area contributed by atoms with Gasteiger partial charge in [0.2, 0.25) is 33.1 Å². The number of sulfone groups is 1. The quantitative estimate of drug-likeness (QED) is 0.0339. The van der Waals surface area contributed by atoms with Crippen LogP contribution in [0.5, 0.6) is 6.01 Å². The molecule has 4 rings (SSSR count). The number of nitrogens with two attached hydrogens (primary N) is 2. The normalized spacial score (nSPS) is 10.8. The minimum absolute atomic E-state index is 0. The molecule has 0 aliphatic carbocycles. The summed E-state index contributed by atoms with van der Waals surface area (Å²) >= 11 is 0. The van der Waals surface area contributed by atoms with E-state index in [1.54, 1.807) is 39.1 Å². The van der Waals surface area contributed by atoms with Crippen molar-refractivity contribution in [1.82, 2.24) is 29.9 Å². The number of halogens is 2. The van der Waals surface area contributed by atoms with E-state index in [1.165, 1.54) is 16.0 Å². The van der Waals surface area contributed by atoms with Gasteiger partial charge in [-0.2, -0.15) is 19.9 Å². The van der Waals surface area contributed by atoms with Gasteiger partial charge in [-0.15, -0.1) is 0 Å². The Bertz CT molecular complexity index is 2270. The fourth-order valence-electron chi connectivity index (χ4n) is 5.29. The van der Waals surface area contributed by atoms with Crippen LogP contribution in [-0.2, 0) is 42.0 Å². The smallest absolute Gasteiger partial charge is 1.00 e. The molecule has 64 heavy (non-hydrogen) atoms. The Labute approximate surface area is 410 Å². The molecule has 0 unspecified atom stereocenters. The number of nitrogens with zero attached hydrogens (tertiary/aromatic N) is 10. The molecule has 0 aromatic carbocycles. The topological polar surface area (TPSA) is 318 Å². The second-order valence-electron chi connectivity index (χ2n) is 13.1. The molecule has 1 atom stereocenters. The van der Waals surface area contributed by atoms with Gasteiger partial charge in [0.15, 0.2) is 0 Å². The molecule has 0 spiro atoms. The third-order valence-corrected chi connectivity index (χ3v) is 8.83. The minimum atomic E-state index is -3.92. The number of carbonyl (C=O) groups excluding carboxylic acids is 2. The maximum Gasteiger partial charge on any atom is 1.00 e. The van der Waals surface area contributed by atoms with E-state index in [0.717, 1.165) is 36.0 Å². The number of esters is 2. The van der Waals surface area contributed by atoms with E-state index in [9.17, 15) is 42.6 Å². The predicted molar refractivity (Wildman–Crippen MR) is 225 cm³/mol. The third kappa shape index (κ3) is 18.4. The van der Waals surface area contributed by atoms with E-state index in [0.29, 0.717) is 12.7 Å². The van der Waals surface area contributed by atoms with Crippen molar-refractivity contribution >= 4 is 56.4 Å². The van der Waals surface area contributed by atoms with Gasteiger partial charge in [-0.05, 0) is 64.3 Å². The Morgan fingerprint density at radius 3 is 1.56 bits per heavy atom. The number of alkyl halides is 1. The number of pyridine rings is 2. The van der Waals surface area contributed by atoms with Crippen LogP contribution in [0.4, 0.5) is 39.0 Å². The van der Waals surface area contributed by atoms with Crippen molar-refractivity contribution in [3.8, 4) is 6.01 Å². The fourth-order valence-corrected chi connectivity index (χ4v) is 5.81. The first kappa shape index (κ1) is 58.6. The zero-order valence-electron chi connectivity index (χ0n) is 37.0. The first-order valence-electron chi connectivity index (χ1n) is 18.8. The molecule has 4 aromatic rings. The van der Waals surface area contributed by atoms with Gasteiger partial charge < -0.3 is 40.2 Å². The van der Waals surface area contributed by atoms with Crippen LogP contribution in [-0.4, -0.2) is 106 Å². The molecule has 346 valence electrons. The SMILES string of the molecule is CCC[C@H](C)Oc1nc(N)c([N+](=O)[O-])c(N(CC(=O)OCC)Cc2ccc(C)nc2)n1.CCOC(=O)CN(Cc1ccc(C)nc1)c1nc(S(C)(=O)=O)nc(N)c1[N+](=O)[O-].CF.[F-].[K+]. The van der Waals surface area contributed by atoms with Crippen LogP contribution >= 0.6 is 0 Å². The minimum Gasteiger partial charge on any atom is -1.00 e. The van der Waals surface area contributed by atoms with Crippen molar-refractivity contribution in [3.63, 3.8) is 0 Å². The third-order valence-electron chi connectivity index (χ3n) is 7.98. The molecular weight excluding hydrogens is 898 g/mol. The van der Waals surface area contributed by atoms with Gasteiger partial charge in [0.25, 0.3) is 5.16 Å². The first-order chi connectivity index (χ1) is 29.3. The number of aromatic nitrogens is 6. The van der Waals surface area contributed by atoms with Crippen LogP contribution < -0.4 is 82.1 Å². The summed E-state index contributed by atoms with van der Waals surface area (Å²) in [6, 6.07) is 6.98. The molecule has 0 aliphatic heterocycles. The van der Waals surface area contributed by atoms with Crippen molar-refractivity contribution < 1.29 is 103 Å². The van der Waals surface area contributed by atoms with Crippen molar-refractivity contribution in [2.75, 3.05) is 61.0 Å². The molecule has 0 amide bonds. The first-order valence-corrected chi connectivity index (χ1v) is 20.7. The summed E-state index contributed by atoms with van der Waals surface area (Å²) < 4.78 is 48.9. The summed E-state index contributed by atoms with van der Waals surface area (Å²) in [5, 5.41) is 22.6. The number of hydrogen-bond acceptors (Lipinski definition) is 21. The number of carbonyl (C=O) groups is 2. The summed E-state index contributed by atoms with van der Waals surface area (Å²) in [5.41, 5.74) is 13.2. The molecule has 23 nitrogen and oxygen atoms in total. The number of hydrogen-bond donors (Lipinski definition) is 2. The van der Waals surface area contributed by atoms with Crippen LogP contribution in [0.1, 0.15) is 63.1 Å². The van der Waals surface area contributed by atoms with Crippen molar-refractivity contribution in [3.05, 3.63) is 79.4 Å². The van der Waals surface area contributed by atoms with Crippen LogP contribution in [0.25, 0.3) is 0 Å². The average Bonchev–Trinajstić information content (AvgIpc) is 3.19. The molecule has 0 saturated carbocycles. The van der Waals surface area contributed by atoms with E-state index >= 15 is 0 Å². The Kier molecular flexibility index (Phi) is 26.1. The summed E-state index contributed by atoms with van der Waals surface area (Å²) in [7, 11) is -3.42. The average molecular weight is 949 g/mol. The molecule has 0 fully saturated rings. The van der Waals surface area contributed by atoms with E-state index in [1.807, 2.05) is 32.9 Å². The maximum atomic E-state index is 12.2.